The minimum absolute atomic E-state index is 0.0310. The van der Waals surface area contributed by atoms with Gasteiger partial charge in [-0.15, -0.1) is 5.10 Å². The summed E-state index contributed by atoms with van der Waals surface area (Å²) in [6.45, 7) is 6.79. The quantitative estimate of drug-likeness (QED) is 0.713. The van der Waals surface area contributed by atoms with Crippen LogP contribution in [-0.2, 0) is 11.3 Å². The zero-order chi connectivity index (χ0) is 19.1. The van der Waals surface area contributed by atoms with E-state index in [0.29, 0.717) is 11.5 Å². The molecular formula is C20H25N5O2. The van der Waals surface area contributed by atoms with Crippen LogP contribution in [0, 0.1) is 0 Å². The number of likely N-dealkylation sites (tertiary alicyclic amines) is 1. The fourth-order valence-electron chi connectivity index (χ4n) is 3.90. The summed E-state index contributed by atoms with van der Waals surface area (Å²) in [7, 11) is 0. The standard InChI is InChI=1S/C20H25N5O2/c1-13(2)18-21-16-10-5-4-9-15(16)19-22-24(20(27)25(18)19)12-17(26)23-11-7-6-8-14(23)3/h4-5,9-10,13-14H,6-8,11-12H2,1-3H3/t14-/m0/s1. The highest BCUT2D eigenvalue weighted by atomic mass is 16.2. The third-order valence-electron chi connectivity index (χ3n) is 5.37. The number of amides is 1. The van der Waals surface area contributed by atoms with Gasteiger partial charge in [0.15, 0.2) is 5.65 Å². The Bertz CT molecular complexity index is 1070. The van der Waals surface area contributed by atoms with Crippen LogP contribution >= 0.6 is 0 Å². The molecule has 0 radical (unpaired) electrons. The number of hydrogen-bond donors (Lipinski definition) is 0. The number of benzene rings is 1. The number of carbonyl (C=O) groups is 1. The van der Waals surface area contributed by atoms with E-state index in [1.165, 1.54) is 4.68 Å². The van der Waals surface area contributed by atoms with E-state index in [9.17, 15) is 9.59 Å². The van der Waals surface area contributed by atoms with Gasteiger partial charge in [0.1, 0.15) is 12.4 Å². The van der Waals surface area contributed by atoms with Gasteiger partial charge in [-0.1, -0.05) is 26.0 Å². The molecule has 1 aromatic carbocycles. The fraction of sp³-hybridized carbons (Fsp3) is 0.500. The first-order valence-electron chi connectivity index (χ1n) is 9.65. The van der Waals surface area contributed by atoms with Gasteiger partial charge in [-0.3, -0.25) is 4.79 Å². The molecule has 142 valence electrons. The molecule has 7 heteroatoms. The van der Waals surface area contributed by atoms with E-state index >= 15 is 0 Å². The Morgan fingerprint density at radius 1 is 1.26 bits per heavy atom. The van der Waals surface area contributed by atoms with E-state index in [1.54, 1.807) is 4.40 Å². The normalized spacial score (nSPS) is 17.9. The molecule has 2 aromatic heterocycles. The lowest BCUT2D eigenvalue weighted by molar-refractivity contribution is -0.135. The van der Waals surface area contributed by atoms with E-state index < -0.39 is 0 Å². The first-order chi connectivity index (χ1) is 13.0. The monoisotopic (exact) mass is 367 g/mol. The Kier molecular flexibility index (Phi) is 4.45. The molecule has 7 nitrogen and oxygen atoms in total. The summed E-state index contributed by atoms with van der Waals surface area (Å²) in [4.78, 5) is 32.4. The van der Waals surface area contributed by atoms with Gasteiger partial charge in [-0.2, -0.15) is 0 Å². The molecule has 1 aliphatic heterocycles. The highest BCUT2D eigenvalue weighted by Gasteiger charge is 2.25. The van der Waals surface area contributed by atoms with Crippen molar-refractivity contribution < 1.29 is 4.79 Å². The average Bonchev–Trinajstić information content (AvgIpc) is 2.98. The van der Waals surface area contributed by atoms with Gasteiger partial charge >= 0.3 is 5.69 Å². The Morgan fingerprint density at radius 3 is 2.78 bits per heavy atom. The summed E-state index contributed by atoms with van der Waals surface area (Å²) in [6, 6.07) is 7.88. The Morgan fingerprint density at radius 2 is 2.04 bits per heavy atom. The number of carbonyl (C=O) groups excluding carboxylic acids is 1. The smallest absolute Gasteiger partial charge is 0.338 e. The van der Waals surface area contributed by atoms with Gasteiger partial charge < -0.3 is 4.90 Å². The van der Waals surface area contributed by atoms with Crippen LogP contribution in [0.1, 0.15) is 51.8 Å². The van der Waals surface area contributed by atoms with Gasteiger partial charge in [-0.05, 0) is 38.3 Å². The molecule has 0 unspecified atom stereocenters. The second kappa shape index (κ2) is 6.79. The lowest BCUT2D eigenvalue weighted by Gasteiger charge is -2.33. The van der Waals surface area contributed by atoms with Crippen molar-refractivity contribution in [2.75, 3.05) is 6.54 Å². The van der Waals surface area contributed by atoms with Crippen LogP contribution < -0.4 is 5.69 Å². The van der Waals surface area contributed by atoms with Crippen molar-refractivity contribution >= 4 is 22.5 Å². The lowest BCUT2D eigenvalue weighted by Crippen LogP contribution is -2.44. The number of hydrogen-bond acceptors (Lipinski definition) is 4. The molecule has 3 aromatic rings. The molecule has 3 heterocycles. The fourth-order valence-corrected chi connectivity index (χ4v) is 3.90. The summed E-state index contributed by atoms with van der Waals surface area (Å²) < 4.78 is 2.85. The molecule has 0 aliphatic carbocycles. The number of piperidine rings is 1. The predicted octanol–water partition coefficient (Wildman–Crippen LogP) is 2.57. The van der Waals surface area contributed by atoms with Crippen molar-refractivity contribution in [2.45, 2.75) is 58.5 Å². The van der Waals surface area contributed by atoms with Crippen molar-refractivity contribution in [1.82, 2.24) is 24.1 Å². The van der Waals surface area contributed by atoms with Crippen molar-refractivity contribution in [3.05, 3.63) is 40.6 Å². The summed E-state index contributed by atoms with van der Waals surface area (Å²) in [5.74, 6) is 0.681. The van der Waals surface area contributed by atoms with Crippen LogP contribution in [0.15, 0.2) is 29.1 Å². The third kappa shape index (κ3) is 3.01. The van der Waals surface area contributed by atoms with Gasteiger partial charge in [0.05, 0.1) is 5.52 Å². The average molecular weight is 367 g/mol. The van der Waals surface area contributed by atoms with Crippen LogP contribution in [0.5, 0.6) is 0 Å². The van der Waals surface area contributed by atoms with Crippen LogP contribution in [0.3, 0.4) is 0 Å². The summed E-state index contributed by atoms with van der Waals surface area (Å²) in [5, 5.41) is 5.34. The van der Waals surface area contributed by atoms with E-state index in [2.05, 4.69) is 17.0 Å². The maximum atomic E-state index is 13.0. The number of nitrogens with zero attached hydrogens (tertiary/aromatic N) is 5. The van der Waals surface area contributed by atoms with Gasteiger partial charge in [0, 0.05) is 23.9 Å². The Labute approximate surface area is 157 Å². The maximum Gasteiger partial charge on any atom is 0.352 e. The molecule has 0 spiro atoms. The largest absolute Gasteiger partial charge is 0.352 e. The molecule has 1 fully saturated rings. The molecule has 0 N–H and O–H groups in total. The van der Waals surface area contributed by atoms with E-state index in [4.69, 9.17) is 0 Å². The molecule has 27 heavy (non-hydrogen) atoms. The first kappa shape index (κ1) is 17.7. The molecular weight excluding hydrogens is 342 g/mol. The van der Waals surface area contributed by atoms with Gasteiger partial charge in [-0.25, -0.2) is 18.9 Å². The third-order valence-corrected chi connectivity index (χ3v) is 5.37. The number of rotatable bonds is 3. The number of para-hydroxylation sites is 1. The first-order valence-corrected chi connectivity index (χ1v) is 9.65. The summed E-state index contributed by atoms with van der Waals surface area (Å²) in [6.07, 6.45) is 3.18. The highest BCUT2D eigenvalue weighted by molar-refractivity contribution is 5.91. The minimum atomic E-state index is -0.301. The SMILES string of the molecule is CC(C)c1nc2ccccc2c2nn(CC(=O)N3CCCC[C@@H]3C)c(=O)n12. The topological polar surface area (TPSA) is 72.5 Å². The second-order valence-electron chi connectivity index (χ2n) is 7.67. The molecule has 1 atom stereocenters. The molecule has 1 saturated heterocycles. The summed E-state index contributed by atoms with van der Waals surface area (Å²) in [5.41, 5.74) is 1.07. The van der Waals surface area contributed by atoms with Crippen LogP contribution in [-0.4, -0.2) is 42.6 Å². The molecule has 0 saturated carbocycles. The highest BCUT2D eigenvalue weighted by Crippen LogP contribution is 2.21. The van der Waals surface area contributed by atoms with Crippen molar-refractivity contribution in [3.8, 4) is 0 Å². The lowest BCUT2D eigenvalue weighted by atomic mass is 10.0. The van der Waals surface area contributed by atoms with Crippen molar-refractivity contribution in [1.29, 1.82) is 0 Å². The zero-order valence-corrected chi connectivity index (χ0v) is 16.1. The van der Waals surface area contributed by atoms with E-state index in [1.807, 2.05) is 43.0 Å². The van der Waals surface area contributed by atoms with E-state index in [0.717, 1.165) is 36.7 Å². The summed E-state index contributed by atoms with van der Waals surface area (Å²) >= 11 is 0. The Hall–Kier alpha value is -2.70. The second-order valence-corrected chi connectivity index (χ2v) is 7.67. The number of fused-ring (bicyclic) bond motifs is 3. The molecule has 1 amide bonds. The van der Waals surface area contributed by atoms with Gasteiger partial charge in [0.2, 0.25) is 5.91 Å². The molecule has 0 bridgehead atoms. The molecule has 1 aliphatic rings. The number of aromatic nitrogens is 4. The van der Waals surface area contributed by atoms with Crippen molar-refractivity contribution in [3.63, 3.8) is 0 Å². The zero-order valence-electron chi connectivity index (χ0n) is 16.1. The van der Waals surface area contributed by atoms with Crippen LogP contribution in [0.25, 0.3) is 16.6 Å². The Balaban J connectivity index is 1.81. The van der Waals surface area contributed by atoms with Crippen LogP contribution in [0.2, 0.25) is 0 Å². The predicted molar refractivity (Wildman–Crippen MR) is 104 cm³/mol. The maximum absolute atomic E-state index is 13.0. The van der Waals surface area contributed by atoms with Gasteiger partial charge in [0.25, 0.3) is 0 Å². The van der Waals surface area contributed by atoms with Crippen LogP contribution in [0.4, 0.5) is 0 Å². The minimum Gasteiger partial charge on any atom is -0.338 e. The van der Waals surface area contributed by atoms with E-state index in [-0.39, 0.29) is 30.1 Å². The molecule has 4 rings (SSSR count). The van der Waals surface area contributed by atoms with Crippen molar-refractivity contribution in [2.24, 2.45) is 0 Å².